The van der Waals surface area contributed by atoms with Gasteiger partial charge in [0.05, 0.1) is 22.6 Å². The summed E-state index contributed by atoms with van der Waals surface area (Å²) in [5.74, 6) is 0. The molecule has 0 radical (unpaired) electrons. The van der Waals surface area contributed by atoms with Gasteiger partial charge in [0.25, 0.3) is 0 Å². The molecule has 196 valence electrons. The minimum atomic E-state index is 0.954. The monoisotopic (exact) mass is 534 g/mol. The number of benzene rings is 6. The van der Waals surface area contributed by atoms with Crippen LogP contribution in [0.25, 0.3) is 77.3 Å². The van der Waals surface area contributed by atoms with Crippen molar-refractivity contribution in [3.63, 3.8) is 0 Å². The van der Waals surface area contributed by atoms with Gasteiger partial charge in [-0.05, 0) is 46.2 Å². The van der Waals surface area contributed by atoms with Crippen LogP contribution in [-0.2, 0) is 0 Å². The lowest BCUT2D eigenvalue weighted by Crippen LogP contribution is -1.92. The van der Waals surface area contributed by atoms with E-state index in [4.69, 9.17) is 9.97 Å². The Balaban J connectivity index is 1.22. The van der Waals surface area contributed by atoms with Crippen LogP contribution in [0.4, 0.5) is 0 Å². The highest BCUT2D eigenvalue weighted by Crippen LogP contribution is 2.38. The molecular formula is C40H26N2. The van der Waals surface area contributed by atoms with Crippen molar-refractivity contribution in [2.45, 2.75) is 0 Å². The maximum Gasteiger partial charge on any atom is 0.0788 e. The van der Waals surface area contributed by atoms with E-state index in [0.29, 0.717) is 0 Å². The zero-order valence-corrected chi connectivity index (χ0v) is 22.9. The van der Waals surface area contributed by atoms with Gasteiger partial charge < -0.3 is 0 Å². The van der Waals surface area contributed by atoms with E-state index in [2.05, 4.69) is 158 Å². The summed E-state index contributed by atoms with van der Waals surface area (Å²) in [5, 5.41) is 6.01. The van der Waals surface area contributed by atoms with E-state index in [-0.39, 0.29) is 0 Å². The first kappa shape index (κ1) is 24.2. The zero-order chi connectivity index (χ0) is 27.9. The molecule has 2 nitrogen and oxygen atoms in total. The average Bonchev–Trinajstić information content (AvgIpc) is 3.08. The van der Waals surface area contributed by atoms with Crippen molar-refractivity contribution in [3.05, 3.63) is 158 Å². The molecule has 2 heterocycles. The standard InChI is InChI=1S/C40H26N2/c1-2-11-28(12-3-1)33-15-8-16-35-39(33)34-14-6-7-17-38(34)42-40(35)30-23-21-29(22-24-30)36-18-9-19-37(41-36)32-25-20-27-10-4-5-13-31(27)26-32/h1-26H. The second-order valence-corrected chi connectivity index (χ2v) is 10.6. The van der Waals surface area contributed by atoms with E-state index in [0.717, 1.165) is 44.7 Å². The van der Waals surface area contributed by atoms with Gasteiger partial charge in [0.1, 0.15) is 0 Å². The third-order valence-electron chi connectivity index (χ3n) is 8.06. The zero-order valence-electron chi connectivity index (χ0n) is 22.9. The molecule has 8 rings (SSSR count). The normalized spacial score (nSPS) is 11.3. The Kier molecular flexibility index (Phi) is 5.82. The predicted molar refractivity (Wildman–Crippen MR) is 176 cm³/mol. The lowest BCUT2D eigenvalue weighted by atomic mass is 9.93. The van der Waals surface area contributed by atoms with Crippen molar-refractivity contribution in [2.75, 3.05) is 0 Å². The minimum absolute atomic E-state index is 0.954. The Morgan fingerprint density at radius 2 is 1.00 bits per heavy atom. The smallest absolute Gasteiger partial charge is 0.0788 e. The van der Waals surface area contributed by atoms with E-state index >= 15 is 0 Å². The fourth-order valence-corrected chi connectivity index (χ4v) is 5.99. The molecule has 8 aromatic rings. The second-order valence-electron chi connectivity index (χ2n) is 10.6. The molecule has 0 fully saturated rings. The number of hydrogen-bond donors (Lipinski definition) is 0. The highest BCUT2D eigenvalue weighted by Gasteiger charge is 2.14. The molecule has 0 saturated heterocycles. The van der Waals surface area contributed by atoms with Crippen molar-refractivity contribution < 1.29 is 0 Å². The van der Waals surface area contributed by atoms with Crippen molar-refractivity contribution >= 4 is 32.4 Å². The van der Waals surface area contributed by atoms with Crippen molar-refractivity contribution in [1.82, 2.24) is 9.97 Å². The molecule has 0 aliphatic carbocycles. The number of pyridine rings is 2. The third-order valence-corrected chi connectivity index (χ3v) is 8.06. The van der Waals surface area contributed by atoms with Crippen LogP contribution >= 0.6 is 0 Å². The van der Waals surface area contributed by atoms with Crippen LogP contribution < -0.4 is 0 Å². The van der Waals surface area contributed by atoms with Gasteiger partial charge in [-0.25, -0.2) is 9.97 Å². The van der Waals surface area contributed by atoms with Gasteiger partial charge >= 0.3 is 0 Å². The second kappa shape index (κ2) is 10.1. The van der Waals surface area contributed by atoms with Gasteiger partial charge in [-0.2, -0.15) is 0 Å². The number of hydrogen-bond acceptors (Lipinski definition) is 2. The fraction of sp³-hybridized carbons (Fsp3) is 0. The number of nitrogens with zero attached hydrogens (tertiary/aromatic N) is 2. The van der Waals surface area contributed by atoms with Crippen LogP contribution in [-0.4, -0.2) is 9.97 Å². The Labute approximate surface area is 244 Å². The Hall–Kier alpha value is -5.60. The molecule has 0 spiro atoms. The van der Waals surface area contributed by atoms with Gasteiger partial charge in [-0.3, -0.25) is 0 Å². The van der Waals surface area contributed by atoms with Crippen LogP contribution in [0, 0.1) is 0 Å². The molecule has 0 aliphatic rings. The summed E-state index contributed by atoms with van der Waals surface area (Å²) in [6.45, 7) is 0. The summed E-state index contributed by atoms with van der Waals surface area (Å²) in [5.41, 5.74) is 9.63. The summed E-state index contributed by atoms with van der Waals surface area (Å²) in [6.07, 6.45) is 0. The van der Waals surface area contributed by atoms with Gasteiger partial charge in [0.2, 0.25) is 0 Å². The molecule has 42 heavy (non-hydrogen) atoms. The fourth-order valence-electron chi connectivity index (χ4n) is 5.99. The van der Waals surface area contributed by atoms with Gasteiger partial charge in [-0.15, -0.1) is 0 Å². The molecule has 0 N–H and O–H groups in total. The predicted octanol–water partition coefficient (Wildman–Crippen LogP) is 10.6. The van der Waals surface area contributed by atoms with Crippen LogP contribution in [0.1, 0.15) is 0 Å². The highest BCUT2D eigenvalue weighted by molar-refractivity contribution is 6.17. The summed E-state index contributed by atoms with van der Waals surface area (Å²) in [6, 6.07) is 55.5. The molecule has 0 atom stereocenters. The Bertz CT molecular complexity index is 2230. The molecule has 0 saturated carbocycles. The van der Waals surface area contributed by atoms with E-state index < -0.39 is 0 Å². The maximum absolute atomic E-state index is 5.17. The van der Waals surface area contributed by atoms with Gasteiger partial charge in [0.15, 0.2) is 0 Å². The lowest BCUT2D eigenvalue weighted by molar-refractivity contribution is 1.32. The van der Waals surface area contributed by atoms with E-state index in [1.54, 1.807) is 0 Å². The van der Waals surface area contributed by atoms with Crippen molar-refractivity contribution in [1.29, 1.82) is 0 Å². The molecule has 0 unspecified atom stereocenters. The van der Waals surface area contributed by atoms with Crippen molar-refractivity contribution in [3.8, 4) is 44.9 Å². The van der Waals surface area contributed by atoms with Crippen LogP contribution in [0.2, 0.25) is 0 Å². The quantitative estimate of drug-likeness (QED) is 0.210. The van der Waals surface area contributed by atoms with E-state index in [1.165, 1.54) is 32.7 Å². The molecule has 0 amide bonds. The number of rotatable bonds is 4. The highest BCUT2D eigenvalue weighted by atomic mass is 14.7. The molecular weight excluding hydrogens is 508 g/mol. The largest absolute Gasteiger partial charge is 0.248 e. The molecule has 0 aliphatic heterocycles. The summed E-state index contributed by atoms with van der Waals surface area (Å²) in [7, 11) is 0. The molecule has 6 aromatic carbocycles. The summed E-state index contributed by atoms with van der Waals surface area (Å²) >= 11 is 0. The maximum atomic E-state index is 5.17. The molecule has 0 bridgehead atoms. The number of fused-ring (bicyclic) bond motifs is 4. The third kappa shape index (κ3) is 4.22. The molecule has 2 aromatic heterocycles. The topological polar surface area (TPSA) is 25.8 Å². The van der Waals surface area contributed by atoms with E-state index in [1.807, 2.05) is 0 Å². The van der Waals surface area contributed by atoms with Crippen LogP contribution in [0.15, 0.2) is 158 Å². The van der Waals surface area contributed by atoms with Gasteiger partial charge in [0, 0.05) is 32.8 Å². The molecule has 2 heteroatoms. The van der Waals surface area contributed by atoms with Gasteiger partial charge in [-0.1, -0.05) is 133 Å². The Morgan fingerprint density at radius 1 is 0.357 bits per heavy atom. The summed E-state index contributed by atoms with van der Waals surface area (Å²) < 4.78 is 0. The lowest BCUT2D eigenvalue weighted by Gasteiger charge is -2.14. The van der Waals surface area contributed by atoms with Crippen LogP contribution in [0.3, 0.4) is 0 Å². The first-order valence-corrected chi connectivity index (χ1v) is 14.3. The Morgan fingerprint density at radius 3 is 1.86 bits per heavy atom. The first-order chi connectivity index (χ1) is 20.8. The number of aromatic nitrogens is 2. The van der Waals surface area contributed by atoms with Crippen molar-refractivity contribution in [2.24, 2.45) is 0 Å². The summed E-state index contributed by atoms with van der Waals surface area (Å²) in [4.78, 5) is 10.2. The van der Waals surface area contributed by atoms with Crippen LogP contribution in [0.5, 0.6) is 0 Å². The average molecular weight is 535 g/mol. The minimum Gasteiger partial charge on any atom is -0.248 e. The van der Waals surface area contributed by atoms with E-state index in [9.17, 15) is 0 Å². The number of para-hydroxylation sites is 1. The SMILES string of the molecule is c1ccc(-c2cccc3c(-c4ccc(-c5cccc(-c6ccc7ccccc7c6)n5)cc4)nc4ccccc4c23)cc1. The first-order valence-electron chi connectivity index (χ1n) is 14.3.